The quantitative estimate of drug-likeness (QED) is 0.467. The predicted octanol–water partition coefficient (Wildman–Crippen LogP) is 6.14. The highest BCUT2D eigenvalue weighted by Gasteiger charge is 2.02. The number of Topliss-reactive ketones (excluding diaryl/α,β-unsaturated/α-hetero) is 1. The van der Waals surface area contributed by atoms with Crippen molar-refractivity contribution in [1.29, 1.82) is 0 Å². The third-order valence-corrected chi connectivity index (χ3v) is 4.45. The van der Waals surface area contributed by atoms with Gasteiger partial charge in [0.15, 0.2) is 0 Å². The first-order chi connectivity index (χ1) is 13.1. The molecule has 0 aromatic heterocycles. The maximum absolute atomic E-state index is 11.3. The van der Waals surface area contributed by atoms with E-state index in [0.717, 1.165) is 23.1 Å². The third-order valence-electron chi connectivity index (χ3n) is 4.45. The van der Waals surface area contributed by atoms with Crippen LogP contribution in [0.4, 0.5) is 0 Å². The van der Waals surface area contributed by atoms with E-state index >= 15 is 0 Å². The van der Waals surface area contributed by atoms with Crippen molar-refractivity contribution < 1.29 is 4.79 Å². The van der Waals surface area contributed by atoms with E-state index in [1.807, 2.05) is 30.3 Å². The van der Waals surface area contributed by atoms with Gasteiger partial charge in [-0.1, -0.05) is 97.6 Å². The van der Waals surface area contributed by atoms with Crippen LogP contribution in [0, 0.1) is 0 Å². The minimum Gasteiger partial charge on any atom is -0.300 e. The highest BCUT2D eigenvalue weighted by Crippen LogP contribution is 2.18. The van der Waals surface area contributed by atoms with Crippen LogP contribution in [0.1, 0.15) is 34.7 Å². The zero-order valence-corrected chi connectivity index (χ0v) is 15.7. The molecule has 0 unspecified atom stereocenters. The standard InChI is InChI=1S/C26H24O/c1-20(11-12-22-7-4-3-5-8-22)26-15-13-23(14-16-26)18-25-10-6-9-24(19-25)17-21(2)27/h3-16,19H,1,17-18H2,2H3/b12-11+. The Morgan fingerprint density at radius 3 is 2.26 bits per heavy atom. The van der Waals surface area contributed by atoms with Gasteiger partial charge in [-0.15, -0.1) is 0 Å². The lowest BCUT2D eigenvalue weighted by molar-refractivity contribution is -0.116. The van der Waals surface area contributed by atoms with Crippen molar-refractivity contribution in [1.82, 2.24) is 0 Å². The summed E-state index contributed by atoms with van der Waals surface area (Å²) in [5, 5.41) is 0. The van der Waals surface area contributed by atoms with Crippen LogP contribution in [-0.2, 0) is 17.6 Å². The van der Waals surface area contributed by atoms with Crippen molar-refractivity contribution in [2.75, 3.05) is 0 Å². The van der Waals surface area contributed by atoms with Crippen molar-refractivity contribution in [2.24, 2.45) is 0 Å². The molecule has 0 saturated carbocycles. The van der Waals surface area contributed by atoms with Gasteiger partial charge in [0.25, 0.3) is 0 Å². The molecular formula is C26H24O. The topological polar surface area (TPSA) is 17.1 Å². The van der Waals surface area contributed by atoms with Crippen molar-refractivity contribution in [3.63, 3.8) is 0 Å². The van der Waals surface area contributed by atoms with Crippen LogP contribution in [0.5, 0.6) is 0 Å². The first kappa shape index (κ1) is 18.6. The van der Waals surface area contributed by atoms with Gasteiger partial charge in [-0.3, -0.25) is 4.79 Å². The minimum absolute atomic E-state index is 0.193. The molecule has 0 aliphatic rings. The Balaban J connectivity index is 1.66. The molecule has 0 aliphatic carbocycles. The molecule has 3 aromatic carbocycles. The number of benzene rings is 3. The second kappa shape index (κ2) is 8.95. The fourth-order valence-corrected chi connectivity index (χ4v) is 3.07. The van der Waals surface area contributed by atoms with Crippen LogP contribution < -0.4 is 0 Å². The summed E-state index contributed by atoms with van der Waals surface area (Å²) in [6, 6.07) is 27.0. The van der Waals surface area contributed by atoms with E-state index < -0.39 is 0 Å². The minimum atomic E-state index is 0.193. The predicted molar refractivity (Wildman–Crippen MR) is 115 cm³/mol. The lowest BCUT2D eigenvalue weighted by Gasteiger charge is -2.07. The first-order valence-electron chi connectivity index (χ1n) is 9.19. The third kappa shape index (κ3) is 5.65. The number of carbonyl (C=O) groups is 1. The van der Waals surface area contributed by atoms with Crippen LogP contribution in [0.2, 0.25) is 0 Å². The van der Waals surface area contributed by atoms with E-state index in [0.29, 0.717) is 6.42 Å². The van der Waals surface area contributed by atoms with Gasteiger partial charge in [-0.25, -0.2) is 0 Å². The second-order valence-electron chi connectivity index (χ2n) is 6.84. The molecule has 27 heavy (non-hydrogen) atoms. The van der Waals surface area contributed by atoms with Crippen LogP contribution in [0.15, 0.2) is 91.5 Å². The Bertz CT molecular complexity index is 947. The number of carbonyl (C=O) groups excluding carboxylic acids is 1. The molecule has 3 aromatic rings. The number of allylic oxidation sites excluding steroid dienone is 2. The molecule has 0 fully saturated rings. The molecule has 1 nitrogen and oxygen atoms in total. The van der Waals surface area contributed by atoms with Crippen molar-refractivity contribution in [2.45, 2.75) is 19.8 Å². The van der Waals surface area contributed by atoms with E-state index in [-0.39, 0.29) is 5.78 Å². The van der Waals surface area contributed by atoms with E-state index in [1.165, 1.54) is 16.7 Å². The molecule has 0 heterocycles. The van der Waals surface area contributed by atoms with E-state index in [4.69, 9.17) is 0 Å². The summed E-state index contributed by atoms with van der Waals surface area (Å²) in [7, 11) is 0. The molecule has 1 heteroatoms. The van der Waals surface area contributed by atoms with Gasteiger partial charge in [0.2, 0.25) is 0 Å². The summed E-state index contributed by atoms with van der Waals surface area (Å²) in [5.41, 5.74) is 6.84. The second-order valence-corrected chi connectivity index (χ2v) is 6.84. The lowest BCUT2D eigenvalue weighted by atomic mass is 9.98. The molecule has 0 aliphatic heterocycles. The molecule has 0 amide bonds. The van der Waals surface area contributed by atoms with Crippen molar-refractivity contribution in [3.8, 4) is 0 Å². The maximum Gasteiger partial charge on any atom is 0.134 e. The summed E-state index contributed by atoms with van der Waals surface area (Å²) in [6.45, 7) is 5.80. The fourth-order valence-electron chi connectivity index (χ4n) is 3.07. The van der Waals surface area contributed by atoms with Crippen molar-refractivity contribution >= 4 is 17.4 Å². The number of hydrogen-bond acceptors (Lipinski definition) is 1. The average molecular weight is 352 g/mol. The van der Waals surface area contributed by atoms with Gasteiger partial charge in [0.1, 0.15) is 5.78 Å². The van der Waals surface area contributed by atoms with Gasteiger partial charge in [-0.2, -0.15) is 0 Å². The fraction of sp³-hybridized carbons (Fsp3) is 0.115. The zero-order chi connectivity index (χ0) is 19.1. The molecule has 0 spiro atoms. The normalized spacial score (nSPS) is 10.9. The summed E-state index contributed by atoms with van der Waals surface area (Å²) in [6.07, 6.45) is 5.49. The molecule has 0 radical (unpaired) electrons. The average Bonchev–Trinajstić information content (AvgIpc) is 2.67. The first-order valence-corrected chi connectivity index (χ1v) is 9.19. The van der Waals surface area contributed by atoms with Crippen LogP contribution >= 0.6 is 0 Å². The van der Waals surface area contributed by atoms with Crippen LogP contribution in [-0.4, -0.2) is 5.78 Å². The molecule has 0 atom stereocenters. The Morgan fingerprint density at radius 1 is 0.852 bits per heavy atom. The Hall–Kier alpha value is -3.19. The van der Waals surface area contributed by atoms with Crippen LogP contribution in [0.3, 0.4) is 0 Å². The monoisotopic (exact) mass is 352 g/mol. The lowest BCUT2D eigenvalue weighted by Crippen LogP contribution is -1.97. The smallest absolute Gasteiger partial charge is 0.134 e. The van der Waals surface area contributed by atoms with Crippen molar-refractivity contribution in [3.05, 3.63) is 119 Å². The van der Waals surface area contributed by atoms with Gasteiger partial charge in [0, 0.05) is 6.42 Å². The summed E-state index contributed by atoms with van der Waals surface area (Å²) >= 11 is 0. The molecule has 3 rings (SSSR count). The molecule has 0 bridgehead atoms. The Morgan fingerprint density at radius 2 is 1.56 bits per heavy atom. The van der Waals surface area contributed by atoms with E-state index in [9.17, 15) is 4.79 Å². The summed E-state index contributed by atoms with van der Waals surface area (Å²) < 4.78 is 0. The maximum atomic E-state index is 11.3. The number of ketones is 1. The molecule has 0 saturated heterocycles. The Kier molecular flexibility index (Phi) is 6.17. The van der Waals surface area contributed by atoms with E-state index in [2.05, 4.69) is 67.3 Å². The van der Waals surface area contributed by atoms with E-state index in [1.54, 1.807) is 6.92 Å². The van der Waals surface area contributed by atoms with Gasteiger partial charge >= 0.3 is 0 Å². The molecule has 0 N–H and O–H groups in total. The highest BCUT2D eigenvalue weighted by molar-refractivity contribution is 5.78. The summed E-state index contributed by atoms with van der Waals surface area (Å²) in [5.74, 6) is 0.193. The van der Waals surface area contributed by atoms with Gasteiger partial charge in [0.05, 0.1) is 0 Å². The number of rotatable bonds is 7. The zero-order valence-electron chi connectivity index (χ0n) is 15.7. The number of hydrogen-bond donors (Lipinski definition) is 0. The summed E-state index contributed by atoms with van der Waals surface area (Å²) in [4.78, 5) is 11.3. The van der Waals surface area contributed by atoms with Gasteiger partial charge < -0.3 is 0 Å². The van der Waals surface area contributed by atoms with Crippen LogP contribution in [0.25, 0.3) is 11.6 Å². The largest absolute Gasteiger partial charge is 0.300 e. The van der Waals surface area contributed by atoms with Gasteiger partial charge in [-0.05, 0) is 46.7 Å². The highest BCUT2D eigenvalue weighted by atomic mass is 16.1. The Labute approximate surface area is 161 Å². The molecule has 134 valence electrons. The molecular weight excluding hydrogens is 328 g/mol. The SMILES string of the molecule is C=C(/C=C/c1ccccc1)c1ccc(Cc2cccc(CC(C)=O)c2)cc1.